The van der Waals surface area contributed by atoms with E-state index in [2.05, 4.69) is 26.6 Å². The third kappa shape index (κ3) is 18.2. The molecule has 81 heavy (non-hydrogen) atoms. The minimum Gasteiger partial charge on any atom is -0.489 e. The van der Waals surface area contributed by atoms with Crippen molar-refractivity contribution in [3.8, 4) is 16.9 Å². The molecule has 1 aliphatic rings. The number of alkyl carbamates (subject to hydrolysis) is 2. The summed E-state index contributed by atoms with van der Waals surface area (Å²) >= 11 is 6.93. The molecular weight excluding hydrogens is 1070 g/mol. The van der Waals surface area contributed by atoms with Gasteiger partial charge in [-0.3, -0.25) is 14.4 Å². The van der Waals surface area contributed by atoms with E-state index < -0.39 is 81.1 Å². The predicted molar refractivity (Wildman–Crippen MR) is 309 cm³/mol. The van der Waals surface area contributed by atoms with E-state index in [1.54, 1.807) is 78.9 Å². The predicted octanol–water partition coefficient (Wildman–Crippen LogP) is 8.88. The van der Waals surface area contributed by atoms with Gasteiger partial charge in [-0.15, -0.1) is 0 Å². The summed E-state index contributed by atoms with van der Waals surface area (Å²) in [5, 5.41) is 24.1. The lowest BCUT2D eigenvalue weighted by atomic mass is 9.95. The lowest BCUT2D eigenvalue weighted by Crippen LogP contribution is -2.60. The van der Waals surface area contributed by atoms with Gasteiger partial charge in [0.2, 0.25) is 17.7 Å². The van der Waals surface area contributed by atoms with E-state index in [4.69, 9.17) is 35.0 Å². The van der Waals surface area contributed by atoms with Crippen molar-refractivity contribution in [2.45, 2.75) is 115 Å². The molecule has 0 unspecified atom stereocenters. The van der Waals surface area contributed by atoms with Crippen molar-refractivity contribution in [3.63, 3.8) is 0 Å². The molecule has 19 heteroatoms. The highest BCUT2D eigenvalue weighted by Gasteiger charge is 2.41. The number of esters is 1. The van der Waals surface area contributed by atoms with Crippen molar-refractivity contribution < 1.29 is 57.2 Å². The average molecular weight is 1140 g/mol. The molecule has 0 saturated carbocycles. The molecule has 6 aromatic rings. The maximum Gasteiger partial charge on any atom is 0.408 e. The van der Waals surface area contributed by atoms with Crippen LogP contribution in [0.15, 0.2) is 158 Å². The lowest BCUT2D eigenvalue weighted by Gasteiger charge is -2.40. The summed E-state index contributed by atoms with van der Waals surface area (Å²) in [7, 11) is -2.76. The molecule has 0 spiro atoms. The molecule has 4 bridgehead atoms. The Kier molecular flexibility index (Phi) is 21.6. The number of hydrogen-bond acceptors (Lipinski definition) is 12. The van der Waals surface area contributed by atoms with E-state index in [0.29, 0.717) is 39.1 Å². The summed E-state index contributed by atoms with van der Waals surface area (Å²) in [5.74, 6) is -3.13. The Morgan fingerprint density at radius 3 is 1.73 bits per heavy atom. The zero-order valence-corrected chi connectivity index (χ0v) is 47.8. The lowest BCUT2D eigenvalue weighted by molar-refractivity contribution is -0.150. The van der Waals surface area contributed by atoms with Gasteiger partial charge in [-0.2, -0.15) is 0 Å². The monoisotopic (exact) mass is 1140 g/mol. The first-order valence-corrected chi connectivity index (χ1v) is 30.0. The highest BCUT2D eigenvalue weighted by molar-refractivity contribution is 6.74. The molecule has 7 rings (SSSR count). The van der Waals surface area contributed by atoms with Gasteiger partial charge in [-0.1, -0.05) is 166 Å². The van der Waals surface area contributed by atoms with Crippen LogP contribution in [0.2, 0.25) is 23.2 Å². The minimum atomic E-state index is -2.76. The first kappa shape index (κ1) is 60.6. The fourth-order valence-electron chi connectivity index (χ4n) is 8.53. The first-order chi connectivity index (χ1) is 38.8. The van der Waals surface area contributed by atoms with Gasteiger partial charge in [0.15, 0.2) is 14.4 Å². The summed E-state index contributed by atoms with van der Waals surface area (Å²) in [6.07, 6.45) is -3.37. The number of fused-ring (bicyclic) bond motifs is 5. The van der Waals surface area contributed by atoms with Gasteiger partial charge in [0.05, 0.1) is 12.7 Å². The summed E-state index contributed by atoms with van der Waals surface area (Å²) in [6, 6.07) is 41.0. The number of hydrogen-bond donors (Lipinski definition) is 6. The van der Waals surface area contributed by atoms with Gasteiger partial charge in [0.1, 0.15) is 50.3 Å². The van der Waals surface area contributed by atoms with Crippen LogP contribution in [-0.2, 0) is 77.1 Å². The van der Waals surface area contributed by atoms with Crippen molar-refractivity contribution in [1.29, 1.82) is 0 Å². The summed E-state index contributed by atoms with van der Waals surface area (Å²) in [6.45, 7) is 8.91. The van der Waals surface area contributed by atoms with Crippen LogP contribution in [0.4, 0.5) is 9.59 Å². The highest BCUT2D eigenvalue weighted by Crippen LogP contribution is 2.38. The second-order valence-corrected chi connectivity index (χ2v) is 26.4. The summed E-state index contributed by atoms with van der Waals surface area (Å²) in [5.41, 5.74) is 5.21. The van der Waals surface area contributed by atoms with E-state index in [1.807, 2.05) is 113 Å². The van der Waals surface area contributed by atoms with Crippen LogP contribution in [0.3, 0.4) is 0 Å². The molecular formula is C62H70ClN5O12Si. The number of aliphatic hydroxyl groups excluding tert-OH is 1. The molecule has 1 aliphatic heterocycles. The number of carbonyl (C=O) groups excluding carboxylic acids is 6. The first-order valence-electron chi connectivity index (χ1n) is 26.7. The molecule has 0 aliphatic carbocycles. The Hall–Kier alpha value is -8.03. The van der Waals surface area contributed by atoms with Gasteiger partial charge >= 0.3 is 18.2 Å². The number of nitrogens with one attached hydrogen (secondary N) is 5. The Morgan fingerprint density at radius 1 is 0.654 bits per heavy atom. The van der Waals surface area contributed by atoms with Crippen LogP contribution >= 0.6 is 11.6 Å². The van der Waals surface area contributed by atoms with Gasteiger partial charge in [-0.25, -0.2) is 14.4 Å². The molecule has 0 aromatic heterocycles. The molecule has 0 saturated heterocycles. The zero-order valence-electron chi connectivity index (χ0n) is 46.1. The third-order valence-corrected chi connectivity index (χ3v) is 19.0. The Morgan fingerprint density at radius 2 is 1.17 bits per heavy atom. The highest BCUT2D eigenvalue weighted by atomic mass is 35.5. The van der Waals surface area contributed by atoms with Crippen molar-refractivity contribution >= 4 is 55.8 Å². The Balaban J connectivity index is 1.29. The molecule has 5 amide bonds. The number of halogens is 1. The van der Waals surface area contributed by atoms with Crippen LogP contribution < -0.4 is 31.3 Å². The maximum absolute atomic E-state index is 15.3. The zero-order chi connectivity index (χ0) is 57.9. The number of rotatable bonds is 20. The van der Waals surface area contributed by atoms with Crippen molar-refractivity contribution in [1.82, 2.24) is 26.6 Å². The van der Waals surface area contributed by atoms with E-state index >= 15 is 9.59 Å². The van der Waals surface area contributed by atoms with Gasteiger partial charge in [-0.05, 0) is 86.9 Å². The topological polar surface area (TPSA) is 229 Å². The standard InChI is InChI=1S/C62H70ClN5O12Si/c1-62(2,3)81(4,5)80-49(35-64-60(74)78-39-43-22-14-8-15-23-43)34-53-58(72)65-51(56(70)67-54(36-69)59(73)77-38-42-20-12-7-13-21-42)32-47-30-45(26-28-50(47)63)46-27-29-55(76-37-41-18-10-6-11-19-41)48(31-46)33-52(57(71)66-53)68-61(75)79-40-44-24-16-9-17-25-44/h6-31,49,51-54,69H,32-40H2,1-5H3,(H,64,74)(H,65,72)(H,66,71)(H,67,70)(H,68,75)/t49-,51+,52+,53+,54+/m1/s1. The van der Waals surface area contributed by atoms with Gasteiger partial charge < -0.3 is 55.1 Å². The van der Waals surface area contributed by atoms with E-state index in [1.165, 1.54) is 0 Å². The van der Waals surface area contributed by atoms with Gasteiger partial charge in [0.25, 0.3) is 0 Å². The number of benzene rings is 6. The Labute approximate surface area is 478 Å². The molecule has 6 aromatic carbocycles. The van der Waals surface area contributed by atoms with Crippen LogP contribution in [0.1, 0.15) is 60.6 Å². The summed E-state index contributed by atoms with van der Waals surface area (Å²) < 4.78 is 30.1. The SMILES string of the molecule is CC(C)(C)[Si](C)(C)O[C@@H](CNC(=O)OCc1ccccc1)C[C@@H]1NC(=O)[C@@H](NC(=O)OCc2ccccc2)Cc2cc(ccc2OCc2ccccc2)-c2ccc(Cl)c(c2)C[C@@H](C(=O)N[C@@H](CO)C(=O)OCc2ccccc2)NC1=O. The van der Waals surface area contributed by atoms with Gasteiger partial charge in [0, 0.05) is 30.8 Å². The molecule has 1 heterocycles. The van der Waals surface area contributed by atoms with Crippen molar-refractivity contribution in [2.24, 2.45) is 0 Å². The van der Waals surface area contributed by atoms with Crippen LogP contribution in [0.5, 0.6) is 5.75 Å². The molecule has 6 N–H and O–H groups in total. The normalized spacial score (nSPS) is 16.4. The molecule has 5 atom stereocenters. The fourth-order valence-corrected chi connectivity index (χ4v) is 10.1. The second-order valence-electron chi connectivity index (χ2n) is 21.2. The number of aliphatic hydroxyl groups is 1. The maximum atomic E-state index is 15.3. The number of ether oxygens (including phenoxy) is 4. The Bertz CT molecular complexity index is 3080. The number of amides is 5. The number of carbonyl (C=O) groups is 6. The minimum absolute atomic E-state index is 0.0239. The van der Waals surface area contributed by atoms with Crippen LogP contribution in [0.25, 0.3) is 11.1 Å². The van der Waals surface area contributed by atoms with Crippen LogP contribution in [0, 0.1) is 0 Å². The van der Waals surface area contributed by atoms with E-state index in [9.17, 15) is 24.3 Å². The molecule has 17 nitrogen and oxygen atoms in total. The third-order valence-electron chi connectivity index (χ3n) is 14.1. The molecule has 426 valence electrons. The van der Waals surface area contributed by atoms with Crippen molar-refractivity contribution in [2.75, 3.05) is 13.2 Å². The van der Waals surface area contributed by atoms with Crippen LogP contribution in [-0.4, -0.2) is 92.7 Å². The molecule has 0 radical (unpaired) electrons. The quantitative estimate of drug-likeness (QED) is 0.0239. The van der Waals surface area contributed by atoms with E-state index in [0.717, 1.165) is 11.1 Å². The fraction of sp³-hybridized carbons (Fsp3) is 0.323. The second kappa shape index (κ2) is 28.9. The molecule has 0 fully saturated rings. The van der Waals surface area contributed by atoms with E-state index in [-0.39, 0.29) is 62.3 Å². The average Bonchev–Trinajstić information content (AvgIpc) is 3.46. The summed E-state index contributed by atoms with van der Waals surface area (Å²) in [4.78, 5) is 85.9. The smallest absolute Gasteiger partial charge is 0.408 e. The van der Waals surface area contributed by atoms with Crippen molar-refractivity contribution in [3.05, 3.63) is 196 Å². The largest absolute Gasteiger partial charge is 0.489 e.